The van der Waals surface area contributed by atoms with Gasteiger partial charge in [0.25, 0.3) is 0 Å². The first kappa shape index (κ1) is 13.4. The van der Waals surface area contributed by atoms with Gasteiger partial charge in [-0.05, 0) is 30.2 Å². The van der Waals surface area contributed by atoms with Crippen LogP contribution in [0.15, 0.2) is 12.1 Å². The summed E-state index contributed by atoms with van der Waals surface area (Å²) in [4.78, 5) is 15.2. The summed E-state index contributed by atoms with van der Waals surface area (Å²) < 4.78 is 0. The van der Waals surface area contributed by atoms with Crippen LogP contribution in [0, 0.1) is 6.92 Å². The Bertz CT molecular complexity index is 656. The second kappa shape index (κ2) is 4.92. The Kier molecular flexibility index (Phi) is 3.66. The molecule has 0 aliphatic rings. The van der Waals surface area contributed by atoms with E-state index >= 15 is 0 Å². The molecule has 0 bridgehead atoms. The predicted octanol–water partition coefficient (Wildman–Crippen LogP) is 4.29. The molecule has 0 unspecified atom stereocenters. The summed E-state index contributed by atoms with van der Waals surface area (Å²) in [5.74, 6) is -1.10. The van der Waals surface area contributed by atoms with Gasteiger partial charge >= 0.3 is 5.97 Å². The fraction of sp³-hybridized carbons (Fsp3) is 0.167. The number of alkyl halides is 1. The third kappa shape index (κ3) is 2.14. The van der Waals surface area contributed by atoms with Gasteiger partial charge in [-0.25, -0.2) is 9.78 Å². The van der Waals surface area contributed by atoms with E-state index in [1.54, 1.807) is 12.1 Å². The van der Waals surface area contributed by atoms with Gasteiger partial charge in [-0.15, -0.1) is 11.6 Å². The van der Waals surface area contributed by atoms with Gasteiger partial charge in [0.1, 0.15) is 10.7 Å². The third-order valence-corrected chi connectivity index (χ3v) is 3.62. The van der Waals surface area contributed by atoms with Gasteiger partial charge in [0, 0.05) is 16.3 Å². The number of rotatable bonds is 2. The normalized spacial score (nSPS) is 10.9. The molecular formula is C12H8Cl3NO2. The molecule has 0 amide bonds. The van der Waals surface area contributed by atoms with Crippen LogP contribution in [0.5, 0.6) is 0 Å². The Labute approximate surface area is 118 Å². The monoisotopic (exact) mass is 303 g/mol. The SMILES string of the molecule is Cc1cc2c(CCl)c(C(=O)O)c(Cl)nc2cc1Cl. The molecule has 0 saturated heterocycles. The van der Waals surface area contributed by atoms with E-state index < -0.39 is 5.97 Å². The molecule has 0 saturated carbocycles. The molecule has 18 heavy (non-hydrogen) atoms. The molecule has 1 aromatic carbocycles. The maximum atomic E-state index is 11.2. The minimum absolute atomic E-state index is 0.0431. The van der Waals surface area contributed by atoms with Gasteiger partial charge in [-0.3, -0.25) is 0 Å². The molecule has 6 heteroatoms. The Balaban J connectivity index is 2.94. The van der Waals surface area contributed by atoms with Crippen LogP contribution in [0.25, 0.3) is 10.9 Å². The second-order valence-electron chi connectivity index (χ2n) is 3.81. The molecule has 0 aliphatic heterocycles. The highest BCUT2D eigenvalue weighted by Crippen LogP contribution is 2.31. The number of nitrogens with zero attached hydrogens (tertiary/aromatic N) is 1. The third-order valence-electron chi connectivity index (χ3n) is 2.68. The second-order valence-corrected chi connectivity index (χ2v) is 4.85. The molecule has 1 heterocycles. The van der Waals surface area contributed by atoms with Crippen LogP contribution in [0.4, 0.5) is 0 Å². The molecule has 3 nitrogen and oxygen atoms in total. The summed E-state index contributed by atoms with van der Waals surface area (Å²) in [6.45, 7) is 1.83. The standard InChI is InChI=1S/C12H8Cl3NO2/c1-5-2-6-7(4-13)10(12(17)18)11(15)16-9(6)3-8(5)14/h2-3H,4H2,1H3,(H,17,18). The van der Waals surface area contributed by atoms with Crippen molar-refractivity contribution in [1.29, 1.82) is 0 Å². The highest BCUT2D eigenvalue weighted by Gasteiger charge is 2.19. The number of carboxylic acids is 1. The highest BCUT2D eigenvalue weighted by molar-refractivity contribution is 6.34. The van der Waals surface area contributed by atoms with Gasteiger partial charge in [-0.1, -0.05) is 23.2 Å². The molecular weight excluding hydrogens is 296 g/mol. The number of aryl methyl sites for hydroxylation is 1. The van der Waals surface area contributed by atoms with E-state index in [1.165, 1.54) is 0 Å². The number of fused-ring (bicyclic) bond motifs is 1. The number of pyridine rings is 1. The summed E-state index contributed by atoms with van der Waals surface area (Å²) >= 11 is 17.7. The lowest BCUT2D eigenvalue weighted by Crippen LogP contribution is -2.05. The summed E-state index contributed by atoms with van der Waals surface area (Å²) in [7, 11) is 0. The largest absolute Gasteiger partial charge is 0.478 e. The lowest BCUT2D eigenvalue weighted by Gasteiger charge is -2.10. The molecule has 2 rings (SSSR count). The average molecular weight is 305 g/mol. The average Bonchev–Trinajstić information content (AvgIpc) is 2.29. The van der Waals surface area contributed by atoms with Crippen molar-refractivity contribution in [2.45, 2.75) is 12.8 Å². The molecule has 0 radical (unpaired) electrons. The Morgan fingerprint density at radius 2 is 2.06 bits per heavy atom. The van der Waals surface area contributed by atoms with E-state index in [2.05, 4.69) is 4.98 Å². The first-order valence-electron chi connectivity index (χ1n) is 5.03. The molecule has 1 N–H and O–H groups in total. The van der Waals surface area contributed by atoms with Crippen molar-refractivity contribution in [3.8, 4) is 0 Å². The maximum Gasteiger partial charge on any atom is 0.339 e. The van der Waals surface area contributed by atoms with E-state index in [4.69, 9.17) is 39.9 Å². The van der Waals surface area contributed by atoms with Gasteiger partial charge in [0.15, 0.2) is 0 Å². The first-order valence-corrected chi connectivity index (χ1v) is 6.32. The minimum Gasteiger partial charge on any atom is -0.478 e. The summed E-state index contributed by atoms with van der Waals surface area (Å²) in [6.07, 6.45) is 0. The number of benzene rings is 1. The van der Waals surface area contributed by atoms with Crippen molar-refractivity contribution in [1.82, 2.24) is 4.98 Å². The molecule has 0 fully saturated rings. The van der Waals surface area contributed by atoms with Crippen molar-refractivity contribution >= 4 is 51.7 Å². The maximum absolute atomic E-state index is 11.2. The van der Waals surface area contributed by atoms with Crippen LogP contribution in [0.1, 0.15) is 21.5 Å². The number of halogens is 3. The van der Waals surface area contributed by atoms with Crippen LogP contribution >= 0.6 is 34.8 Å². The first-order chi connectivity index (χ1) is 8.45. The van der Waals surface area contributed by atoms with E-state index in [0.717, 1.165) is 5.56 Å². The van der Waals surface area contributed by atoms with Gasteiger partial charge in [0.2, 0.25) is 0 Å². The highest BCUT2D eigenvalue weighted by atomic mass is 35.5. The molecule has 2 aromatic rings. The number of hydrogen-bond donors (Lipinski definition) is 1. The van der Waals surface area contributed by atoms with E-state index in [9.17, 15) is 4.79 Å². The van der Waals surface area contributed by atoms with Crippen LogP contribution in [-0.4, -0.2) is 16.1 Å². The zero-order valence-electron chi connectivity index (χ0n) is 9.30. The topological polar surface area (TPSA) is 50.2 Å². The number of aromatic carboxylic acids is 1. The van der Waals surface area contributed by atoms with Crippen LogP contribution < -0.4 is 0 Å². The lowest BCUT2D eigenvalue weighted by atomic mass is 10.0. The molecule has 0 aliphatic carbocycles. The predicted molar refractivity (Wildman–Crippen MR) is 73.0 cm³/mol. The van der Waals surface area contributed by atoms with E-state index in [1.807, 2.05) is 6.92 Å². The zero-order chi connectivity index (χ0) is 13.4. The number of carbonyl (C=O) groups is 1. The molecule has 1 aromatic heterocycles. The number of carboxylic acid groups (broad SMARTS) is 1. The van der Waals surface area contributed by atoms with Gasteiger partial charge in [-0.2, -0.15) is 0 Å². The quantitative estimate of drug-likeness (QED) is 0.665. The zero-order valence-corrected chi connectivity index (χ0v) is 11.6. The van der Waals surface area contributed by atoms with Gasteiger partial charge < -0.3 is 5.11 Å². The Hall–Kier alpha value is -1.03. The summed E-state index contributed by atoms with van der Waals surface area (Å²) in [5, 5.41) is 10.3. The van der Waals surface area contributed by atoms with E-state index in [0.29, 0.717) is 21.5 Å². The van der Waals surface area contributed by atoms with Crippen molar-refractivity contribution < 1.29 is 9.90 Å². The number of aromatic nitrogens is 1. The molecule has 0 atom stereocenters. The van der Waals surface area contributed by atoms with Crippen molar-refractivity contribution in [2.24, 2.45) is 0 Å². The van der Waals surface area contributed by atoms with Crippen molar-refractivity contribution in [3.05, 3.63) is 39.0 Å². The Morgan fingerprint density at radius 3 is 2.61 bits per heavy atom. The van der Waals surface area contributed by atoms with Crippen LogP contribution in [-0.2, 0) is 5.88 Å². The van der Waals surface area contributed by atoms with Crippen LogP contribution in [0.3, 0.4) is 0 Å². The number of hydrogen-bond acceptors (Lipinski definition) is 2. The Morgan fingerprint density at radius 1 is 1.39 bits per heavy atom. The van der Waals surface area contributed by atoms with Crippen molar-refractivity contribution in [2.75, 3.05) is 0 Å². The fourth-order valence-electron chi connectivity index (χ4n) is 1.78. The van der Waals surface area contributed by atoms with Gasteiger partial charge in [0.05, 0.1) is 5.52 Å². The lowest BCUT2D eigenvalue weighted by molar-refractivity contribution is 0.0696. The molecule has 0 spiro atoms. The van der Waals surface area contributed by atoms with Crippen molar-refractivity contribution in [3.63, 3.8) is 0 Å². The molecule has 94 valence electrons. The fourth-order valence-corrected chi connectivity index (χ4v) is 2.50. The smallest absolute Gasteiger partial charge is 0.339 e. The summed E-state index contributed by atoms with van der Waals surface area (Å²) in [6, 6.07) is 3.42. The van der Waals surface area contributed by atoms with E-state index in [-0.39, 0.29) is 16.6 Å². The minimum atomic E-state index is -1.14. The van der Waals surface area contributed by atoms with Crippen LogP contribution in [0.2, 0.25) is 10.2 Å². The summed E-state index contributed by atoms with van der Waals surface area (Å²) in [5.41, 5.74) is 1.77.